The molecule has 3 heteroatoms. The molecule has 1 fully saturated rings. The van der Waals surface area contributed by atoms with Crippen molar-refractivity contribution < 1.29 is 5.11 Å². The molecule has 0 saturated carbocycles. The summed E-state index contributed by atoms with van der Waals surface area (Å²) in [6, 6.07) is 4.67. The maximum absolute atomic E-state index is 10.2. The fourth-order valence-corrected chi connectivity index (χ4v) is 2.42. The molecule has 1 saturated heterocycles. The number of hydrogen-bond acceptors (Lipinski definition) is 3. The Kier molecular flexibility index (Phi) is 3.38. The van der Waals surface area contributed by atoms with Crippen molar-refractivity contribution in [1.82, 2.24) is 4.98 Å². The van der Waals surface area contributed by atoms with Gasteiger partial charge in [0.25, 0.3) is 0 Å². The summed E-state index contributed by atoms with van der Waals surface area (Å²) < 4.78 is 0. The maximum Gasteiger partial charge on any atom is 0.0794 e. The van der Waals surface area contributed by atoms with Gasteiger partial charge in [-0.3, -0.25) is 4.98 Å². The largest absolute Gasteiger partial charge is 0.388 e. The van der Waals surface area contributed by atoms with Crippen LogP contribution in [0.2, 0.25) is 0 Å². The van der Waals surface area contributed by atoms with Gasteiger partial charge in [-0.15, -0.1) is 0 Å². The van der Waals surface area contributed by atoms with Gasteiger partial charge in [0.1, 0.15) is 0 Å². The van der Waals surface area contributed by atoms with E-state index in [-0.39, 0.29) is 0 Å². The average Bonchev–Trinajstić information content (AvgIpc) is 2.33. The molecule has 1 aromatic heterocycles. The Bertz CT molecular complexity index is 372. The van der Waals surface area contributed by atoms with E-state index in [2.05, 4.69) is 35.9 Å². The van der Waals surface area contributed by atoms with Crippen LogP contribution in [0.15, 0.2) is 18.3 Å². The molecule has 2 heterocycles. The number of hydrogen-bond donors (Lipinski definition) is 1. The number of anilines is 1. The van der Waals surface area contributed by atoms with E-state index in [1.54, 1.807) is 0 Å². The second-order valence-corrected chi connectivity index (χ2v) is 5.37. The van der Waals surface area contributed by atoms with Gasteiger partial charge in [-0.05, 0) is 45.2 Å². The summed E-state index contributed by atoms with van der Waals surface area (Å²) in [4.78, 5) is 6.69. The lowest BCUT2D eigenvalue weighted by Crippen LogP contribution is -2.50. The number of aryl methyl sites for hydroxylation is 1. The molecule has 17 heavy (non-hydrogen) atoms. The Morgan fingerprint density at radius 2 is 2.29 bits per heavy atom. The van der Waals surface area contributed by atoms with Crippen LogP contribution in [0, 0.1) is 0 Å². The Morgan fingerprint density at radius 3 is 2.88 bits per heavy atom. The number of piperidine rings is 1. The zero-order valence-electron chi connectivity index (χ0n) is 11.0. The first-order valence-electron chi connectivity index (χ1n) is 6.46. The fourth-order valence-electron chi connectivity index (χ4n) is 2.42. The highest BCUT2D eigenvalue weighted by Gasteiger charge is 2.32. The SMILES string of the molecule is CCc1ccc(N2C[C@](C)(O)CC[C@H]2C)cn1. The van der Waals surface area contributed by atoms with Crippen LogP contribution in [0.5, 0.6) is 0 Å². The first-order chi connectivity index (χ1) is 8.02. The lowest BCUT2D eigenvalue weighted by molar-refractivity contribution is 0.0378. The van der Waals surface area contributed by atoms with Crippen LogP contribution in [0.1, 0.15) is 39.3 Å². The van der Waals surface area contributed by atoms with Crippen LogP contribution in [-0.2, 0) is 6.42 Å². The Hall–Kier alpha value is -1.09. The minimum Gasteiger partial charge on any atom is -0.388 e. The Morgan fingerprint density at radius 1 is 1.53 bits per heavy atom. The van der Waals surface area contributed by atoms with Gasteiger partial charge in [-0.1, -0.05) is 6.92 Å². The molecule has 0 radical (unpaired) electrons. The predicted molar refractivity (Wildman–Crippen MR) is 70.3 cm³/mol. The van der Waals surface area contributed by atoms with Crippen LogP contribution in [0.4, 0.5) is 5.69 Å². The monoisotopic (exact) mass is 234 g/mol. The summed E-state index contributed by atoms with van der Waals surface area (Å²) in [5.41, 5.74) is 1.66. The second-order valence-electron chi connectivity index (χ2n) is 5.37. The van der Waals surface area contributed by atoms with Crippen LogP contribution >= 0.6 is 0 Å². The molecule has 2 atom stereocenters. The van der Waals surface area contributed by atoms with E-state index < -0.39 is 5.60 Å². The number of aliphatic hydroxyl groups is 1. The van der Waals surface area contributed by atoms with Crippen molar-refractivity contribution in [3.63, 3.8) is 0 Å². The summed E-state index contributed by atoms with van der Waals surface area (Å²) in [7, 11) is 0. The van der Waals surface area contributed by atoms with Crippen molar-refractivity contribution in [2.75, 3.05) is 11.4 Å². The van der Waals surface area contributed by atoms with Gasteiger partial charge in [0.15, 0.2) is 0 Å². The summed E-state index contributed by atoms with van der Waals surface area (Å²) in [6.07, 6.45) is 4.80. The van der Waals surface area contributed by atoms with E-state index in [0.29, 0.717) is 12.6 Å². The molecule has 0 amide bonds. The maximum atomic E-state index is 10.2. The summed E-state index contributed by atoms with van der Waals surface area (Å²) in [6.45, 7) is 6.93. The van der Waals surface area contributed by atoms with E-state index in [9.17, 15) is 5.11 Å². The Balaban J connectivity index is 2.18. The third-order valence-electron chi connectivity index (χ3n) is 3.65. The molecule has 1 N–H and O–H groups in total. The van der Waals surface area contributed by atoms with Gasteiger partial charge in [0, 0.05) is 18.3 Å². The van der Waals surface area contributed by atoms with E-state index >= 15 is 0 Å². The summed E-state index contributed by atoms with van der Waals surface area (Å²) >= 11 is 0. The van der Waals surface area contributed by atoms with Crippen molar-refractivity contribution in [3.05, 3.63) is 24.0 Å². The Labute approximate surface area is 103 Å². The third-order valence-corrected chi connectivity index (χ3v) is 3.65. The van der Waals surface area contributed by atoms with Gasteiger partial charge in [-0.2, -0.15) is 0 Å². The average molecular weight is 234 g/mol. The number of β-amino-alcohol motifs (C(OH)–C–C–N with tert-alkyl or cyclic N) is 1. The number of aromatic nitrogens is 1. The minimum atomic E-state index is -0.573. The molecule has 0 unspecified atom stereocenters. The van der Waals surface area contributed by atoms with E-state index in [4.69, 9.17) is 0 Å². The molecular weight excluding hydrogens is 212 g/mol. The van der Waals surface area contributed by atoms with E-state index in [0.717, 1.165) is 30.6 Å². The predicted octanol–water partition coefficient (Wildman–Crippen LogP) is 2.38. The molecular formula is C14H22N2O. The molecule has 0 bridgehead atoms. The molecule has 1 aromatic rings. The smallest absolute Gasteiger partial charge is 0.0794 e. The highest BCUT2D eigenvalue weighted by atomic mass is 16.3. The topological polar surface area (TPSA) is 36.4 Å². The molecule has 1 aliphatic rings. The van der Waals surface area contributed by atoms with Gasteiger partial charge in [-0.25, -0.2) is 0 Å². The van der Waals surface area contributed by atoms with E-state index in [1.165, 1.54) is 0 Å². The standard InChI is InChI=1S/C14H22N2O/c1-4-12-5-6-13(9-15-12)16-10-14(3,17)8-7-11(16)2/h5-6,9,11,17H,4,7-8,10H2,1-3H3/t11-,14-/m1/s1. The van der Waals surface area contributed by atoms with Gasteiger partial charge >= 0.3 is 0 Å². The quantitative estimate of drug-likeness (QED) is 0.853. The first-order valence-corrected chi connectivity index (χ1v) is 6.46. The lowest BCUT2D eigenvalue weighted by atomic mass is 9.90. The highest BCUT2D eigenvalue weighted by molar-refractivity contribution is 5.46. The van der Waals surface area contributed by atoms with Crippen molar-refractivity contribution in [2.45, 2.75) is 51.7 Å². The zero-order chi connectivity index (χ0) is 12.5. The van der Waals surface area contributed by atoms with Crippen LogP contribution in [-0.4, -0.2) is 28.3 Å². The van der Waals surface area contributed by atoms with E-state index in [1.807, 2.05) is 13.1 Å². The van der Waals surface area contributed by atoms with Crippen LogP contribution in [0.25, 0.3) is 0 Å². The first kappa shape index (κ1) is 12.4. The molecule has 0 aliphatic carbocycles. The zero-order valence-corrected chi connectivity index (χ0v) is 11.0. The van der Waals surface area contributed by atoms with Crippen molar-refractivity contribution >= 4 is 5.69 Å². The third kappa shape index (κ3) is 2.78. The van der Waals surface area contributed by atoms with Crippen LogP contribution in [0.3, 0.4) is 0 Å². The molecule has 3 nitrogen and oxygen atoms in total. The molecule has 0 spiro atoms. The number of pyridine rings is 1. The molecule has 0 aromatic carbocycles. The van der Waals surface area contributed by atoms with Gasteiger partial charge < -0.3 is 10.0 Å². The summed E-state index contributed by atoms with van der Waals surface area (Å²) in [5, 5.41) is 10.2. The van der Waals surface area contributed by atoms with Crippen molar-refractivity contribution in [2.24, 2.45) is 0 Å². The lowest BCUT2D eigenvalue weighted by Gasteiger charge is -2.42. The molecule has 2 rings (SSSR count). The number of rotatable bonds is 2. The van der Waals surface area contributed by atoms with Gasteiger partial charge in [0.2, 0.25) is 0 Å². The molecule has 94 valence electrons. The fraction of sp³-hybridized carbons (Fsp3) is 0.643. The highest BCUT2D eigenvalue weighted by Crippen LogP contribution is 2.29. The second kappa shape index (κ2) is 4.65. The minimum absolute atomic E-state index is 0.476. The molecule has 1 aliphatic heterocycles. The van der Waals surface area contributed by atoms with Crippen molar-refractivity contribution in [3.8, 4) is 0 Å². The van der Waals surface area contributed by atoms with Crippen molar-refractivity contribution in [1.29, 1.82) is 0 Å². The number of nitrogens with zero attached hydrogens (tertiary/aromatic N) is 2. The normalized spacial score (nSPS) is 29.4. The van der Waals surface area contributed by atoms with Crippen LogP contribution < -0.4 is 4.90 Å². The van der Waals surface area contributed by atoms with Gasteiger partial charge in [0.05, 0.1) is 17.5 Å². The summed E-state index contributed by atoms with van der Waals surface area (Å²) in [5.74, 6) is 0.